The molecule has 0 aliphatic carbocycles. The number of primary amides is 1. The van der Waals surface area contributed by atoms with Crippen LogP contribution in [0.3, 0.4) is 0 Å². The van der Waals surface area contributed by atoms with Gasteiger partial charge in [0.15, 0.2) is 0 Å². The molecular weight excluding hydrogens is 243 g/mol. The molecule has 8 heteroatoms. The molecule has 94 valence electrons. The van der Waals surface area contributed by atoms with E-state index in [0.717, 1.165) is 0 Å². The summed E-state index contributed by atoms with van der Waals surface area (Å²) in [5.74, 6) is -0.572. The standard InChI is InChI=1S/C8H14F3N3OS/c9-8(10,11)16-4-3-14-2-1-13-5-6(14)7(12)15/h6,13H,1-5H2,(H2,12,15). The van der Waals surface area contributed by atoms with Gasteiger partial charge in [-0.1, -0.05) is 0 Å². The van der Waals surface area contributed by atoms with Gasteiger partial charge in [-0.05, 0) is 11.8 Å². The van der Waals surface area contributed by atoms with Crippen LogP contribution in [0.1, 0.15) is 0 Å². The molecule has 1 fully saturated rings. The monoisotopic (exact) mass is 257 g/mol. The minimum Gasteiger partial charge on any atom is -0.368 e. The van der Waals surface area contributed by atoms with Gasteiger partial charge in [-0.3, -0.25) is 9.69 Å². The molecule has 0 saturated carbocycles. The summed E-state index contributed by atoms with van der Waals surface area (Å²) in [5.41, 5.74) is 0.953. The summed E-state index contributed by atoms with van der Waals surface area (Å²) in [6.45, 7) is 1.85. The van der Waals surface area contributed by atoms with Crippen molar-refractivity contribution in [3.05, 3.63) is 0 Å². The van der Waals surface area contributed by atoms with Crippen LogP contribution in [0.5, 0.6) is 0 Å². The minimum absolute atomic E-state index is 0.0732. The number of nitrogens with two attached hydrogens (primary N) is 1. The smallest absolute Gasteiger partial charge is 0.368 e. The molecule has 1 aliphatic heterocycles. The molecule has 0 spiro atoms. The molecular formula is C8H14F3N3OS. The number of nitrogens with one attached hydrogen (secondary N) is 1. The zero-order chi connectivity index (χ0) is 12.2. The van der Waals surface area contributed by atoms with Gasteiger partial charge in [0.25, 0.3) is 0 Å². The van der Waals surface area contributed by atoms with Gasteiger partial charge in [0.2, 0.25) is 5.91 Å². The van der Waals surface area contributed by atoms with Gasteiger partial charge < -0.3 is 11.1 Å². The van der Waals surface area contributed by atoms with Crippen molar-refractivity contribution in [1.29, 1.82) is 0 Å². The van der Waals surface area contributed by atoms with Crippen molar-refractivity contribution in [1.82, 2.24) is 10.2 Å². The van der Waals surface area contributed by atoms with E-state index in [0.29, 0.717) is 19.6 Å². The summed E-state index contributed by atoms with van der Waals surface area (Å²) in [6.07, 6.45) is 0. The number of rotatable bonds is 4. The van der Waals surface area contributed by atoms with Gasteiger partial charge in [0.05, 0.1) is 0 Å². The lowest BCUT2D eigenvalue weighted by atomic mass is 10.2. The van der Waals surface area contributed by atoms with Crippen molar-refractivity contribution in [3.8, 4) is 0 Å². The molecule has 0 aromatic heterocycles. The molecule has 4 nitrogen and oxygen atoms in total. The lowest BCUT2D eigenvalue weighted by molar-refractivity contribution is -0.123. The Hall–Kier alpha value is -0.470. The zero-order valence-corrected chi connectivity index (χ0v) is 9.40. The van der Waals surface area contributed by atoms with E-state index in [2.05, 4.69) is 5.32 Å². The predicted molar refractivity (Wildman–Crippen MR) is 55.9 cm³/mol. The lowest BCUT2D eigenvalue weighted by Gasteiger charge is -2.33. The fraction of sp³-hybridized carbons (Fsp3) is 0.875. The zero-order valence-electron chi connectivity index (χ0n) is 8.59. The van der Waals surface area contributed by atoms with Crippen molar-refractivity contribution in [2.24, 2.45) is 5.73 Å². The van der Waals surface area contributed by atoms with Gasteiger partial charge in [0, 0.05) is 31.9 Å². The molecule has 0 aromatic carbocycles. The number of carbonyl (C=O) groups excluding carboxylic acids is 1. The number of nitrogens with zero attached hydrogens (tertiary/aromatic N) is 1. The first-order valence-corrected chi connectivity index (χ1v) is 5.83. The second-order valence-corrected chi connectivity index (χ2v) is 4.61. The van der Waals surface area contributed by atoms with Crippen LogP contribution in [0.4, 0.5) is 13.2 Å². The van der Waals surface area contributed by atoms with Gasteiger partial charge in [-0.25, -0.2) is 0 Å². The molecule has 1 rings (SSSR count). The Morgan fingerprint density at radius 1 is 1.56 bits per heavy atom. The molecule has 1 amide bonds. The first kappa shape index (κ1) is 13.6. The number of piperazine rings is 1. The van der Waals surface area contributed by atoms with Crippen LogP contribution in [-0.2, 0) is 4.79 Å². The van der Waals surface area contributed by atoms with E-state index in [1.807, 2.05) is 0 Å². The van der Waals surface area contributed by atoms with E-state index in [1.165, 1.54) is 0 Å². The van der Waals surface area contributed by atoms with E-state index < -0.39 is 17.5 Å². The van der Waals surface area contributed by atoms with Crippen LogP contribution in [0, 0.1) is 0 Å². The maximum Gasteiger partial charge on any atom is 0.441 e. The molecule has 1 saturated heterocycles. The van der Waals surface area contributed by atoms with Crippen molar-refractivity contribution in [3.63, 3.8) is 0 Å². The summed E-state index contributed by atoms with van der Waals surface area (Å²) in [4.78, 5) is 12.7. The molecule has 1 atom stereocenters. The fourth-order valence-electron chi connectivity index (χ4n) is 1.57. The number of hydrogen-bond acceptors (Lipinski definition) is 4. The Bertz CT molecular complexity index is 249. The largest absolute Gasteiger partial charge is 0.441 e. The molecule has 0 aromatic rings. The van der Waals surface area contributed by atoms with Crippen molar-refractivity contribution < 1.29 is 18.0 Å². The number of carbonyl (C=O) groups is 1. The number of amides is 1. The van der Waals surface area contributed by atoms with E-state index in [1.54, 1.807) is 4.90 Å². The first-order chi connectivity index (χ1) is 7.40. The van der Waals surface area contributed by atoms with E-state index in [9.17, 15) is 18.0 Å². The summed E-state index contributed by atoms with van der Waals surface area (Å²) in [7, 11) is 0. The first-order valence-electron chi connectivity index (χ1n) is 4.85. The molecule has 3 N–H and O–H groups in total. The summed E-state index contributed by atoms with van der Waals surface area (Å²) in [5, 5.41) is 2.98. The SMILES string of the molecule is NC(=O)C1CNCCN1CCSC(F)(F)F. The highest BCUT2D eigenvalue weighted by Gasteiger charge is 2.30. The van der Waals surface area contributed by atoms with Crippen molar-refractivity contribution in [2.45, 2.75) is 11.6 Å². The normalized spacial score (nSPS) is 23.3. The molecule has 0 radical (unpaired) electrons. The van der Waals surface area contributed by atoms with Crippen LogP contribution < -0.4 is 11.1 Å². The molecule has 1 heterocycles. The van der Waals surface area contributed by atoms with Crippen LogP contribution >= 0.6 is 11.8 Å². The highest BCUT2D eigenvalue weighted by molar-refractivity contribution is 8.00. The van der Waals surface area contributed by atoms with Gasteiger partial charge in [0.1, 0.15) is 6.04 Å². The highest BCUT2D eigenvalue weighted by Crippen LogP contribution is 2.29. The Kier molecular flexibility index (Phi) is 4.88. The summed E-state index contributed by atoms with van der Waals surface area (Å²) >= 11 is -0.0732. The second-order valence-electron chi connectivity index (χ2n) is 3.45. The van der Waals surface area contributed by atoms with Crippen LogP contribution in [-0.4, -0.2) is 54.3 Å². The number of thioether (sulfide) groups is 1. The fourth-order valence-corrected chi connectivity index (χ4v) is 2.13. The predicted octanol–water partition coefficient (Wildman–Crippen LogP) is -0.00150. The average Bonchev–Trinajstić information content (AvgIpc) is 2.16. The quantitative estimate of drug-likeness (QED) is 0.744. The van der Waals surface area contributed by atoms with Crippen molar-refractivity contribution >= 4 is 17.7 Å². The number of hydrogen-bond donors (Lipinski definition) is 2. The average molecular weight is 257 g/mol. The lowest BCUT2D eigenvalue weighted by Crippen LogP contribution is -2.57. The maximum atomic E-state index is 11.9. The minimum atomic E-state index is -4.21. The van der Waals surface area contributed by atoms with Crippen LogP contribution in [0.15, 0.2) is 0 Å². The number of halogens is 3. The Labute approximate surface area is 95.7 Å². The Balaban J connectivity index is 2.36. The third-order valence-electron chi connectivity index (χ3n) is 2.33. The third-order valence-corrected chi connectivity index (χ3v) is 3.04. The Morgan fingerprint density at radius 2 is 2.25 bits per heavy atom. The molecule has 0 bridgehead atoms. The Morgan fingerprint density at radius 3 is 2.81 bits per heavy atom. The summed E-state index contributed by atoms with van der Waals surface area (Å²) in [6, 6.07) is -0.498. The topological polar surface area (TPSA) is 58.4 Å². The second kappa shape index (κ2) is 5.74. The summed E-state index contributed by atoms with van der Waals surface area (Å²) < 4.78 is 35.7. The van der Waals surface area contributed by atoms with E-state index in [-0.39, 0.29) is 24.1 Å². The van der Waals surface area contributed by atoms with Gasteiger partial charge in [-0.15, -0.1) is 0 Å². The third kappa shape index (κ3) is 4.58. The van der Waals surface area contributed by atoms with Gasteiger partial charge >= 0.3 is 5.51 Å². The van der Waals surface area contributed by atoms with Crippen LogP contribution in [0.2, 0.25) is 0 Å². The molecule has 16 heavy (non-hydrogen) atoms. The molecule has 1 unspecified atom stereocenters. The van der Waals surface area contributed by atoms with Gasteiger partial charge in [-0.2, -0.15) is 13.2 Å². The van der Waals surface area contributed by atoms with Crippen molar-refractivity contribution in [2.75, 3.05) is 31.9 Å². The maximum absolute atomic E-state index is 11.9. The molecule has 1 aliphatic rings. The van der Waals surface area contributed by atoms with E-state index in [4.69, 9.17) is 5.73 Å². The highest BCUT2D eigenvalue weighted by atomic mass is 32.2. The van der Waals surface area contributed by atoms with E-state index >= 15 is 0 Å². The number of alkyl halides is 3. The van der Waals surface area contributed by atoms with Crippen LogP contribution in [0.25, 0.3) is 0 Å².